The summed E-state index contributed by atoms with van der Waals surface area (Å²) in [6.45, 7) is 8.03. The number of imidazole rings is 1. The number of amides is 2. The van der Waals surface area contributed by atoms with Gasteiger partial charge in [-0.3, -0.25) is 19.5 Å². The van der Waals surface area contributed by atoms with Gasteiger partial charge >= 0.3 is 0 Å². The molecule has 3 aromatic heterocycles. The third-order valence-corrected chi connectivity index (χ3v) is 7.76. The van der Waals surface area contributed by atoms with Gasteiger partial charge in [0.15, 0.2) is 16.6 Å². The highest BCUT2D eigenvalue weighted by atomic mass is 35.5. The zero-order chi connectivity index (χ0) is 33.2. The lowest BCUT2D eigenvalue weighted by molar-refractivity contribution is 0.0994. The normalized spacial score (nSPS) is 13.3. The Kier molecular flexibility index (Phi) is 11.9. The van der Waals surface area contributed by atoms with Crippen LogP contribution in [0.3, 0.4) is 0 Å². The molecule has 0 bridgehead atoms. The highest BCUT2D eigenvalue weighted by Gasteiger charge is 2.19. The average molecular weight is 670 g/mol. The number of carbonyl (C=O) groups excluding carboxylic acids is 2. The van der Waals surface area contributed by atoms with Crippen LogP contribution < -0.4 is 21.3 Å². The monoisotopic (exact) mass is 669 g/mol. The number of hydrogen-bond donors (Lipinski definition) is 5. The fraction of sp³-hybridized carbons (Fsp3) is 0.357. The van der Waals surface area contributed by atoms with Crippen molar-refractivity contribution in [3.8, 4) is 0 Å². The lowest BCUT2D eigenvalue weighted by Gasteiger charge is -2.35. The molecule has 0 atom stereocenters. The summed E-state index contributed by atoms with van der Waals surface area (Å²) >= 11 is 7.46. The van der Waals surface area contributed by atoms with Gasteiger partial charge in [-0.15, -0.1) is 5.11 Å². The Bertz CT molecular complexity index is 1650. The number of β-amino-alcohol motifs (C(OH)–C–C–N with tert-alkyl or cyclic N) is 1. The minimum atomic E-state index is -0.631. The zero-order valence-electron chi connectivity index (χ0n) is 25.9. The summed E-state index contributed by atoms with van der Waals surface area (Å²) in [4.78, 5) is 48.1. The molecule has 1 aliphatic heterocycles. The lowest BCUT2D eigenvalue weighted by Crippen LogP contribution is -2.47. The van der Waals surface area contributed by atoms with Crippen molar-refractivity contribution in [3.05, 3.63) is 63.8 Å². The number of anilines is 4. The quantitative estimate of drug-likeness (QED) is 0.122. The molecule has 4 heterocycles. The van der Waals surface area contributed by atoms with Gasteiger partial charge in [-0.25, -0.2) is 19.9 Å². The van der Waals surface area contributed by atoms with E-state index in [0.717, 1.165) is 37.6 Å². The highest BCUT2D eigenvalue weighted by Crippen LogP contribution is 2.28. The summed E-state index contributed by atoms with van der Waals surface area (Å²) in [6.07, 6.45) is 2.87. The number of aliphatic hydroxyl groups is 1. The molecule has 0 saturated carbocycles. The van der Waals surface area contributed by atoms with Crippen LogP contribution in [0, 0.1) is 13.8 Å². The van der Waals surface area contributed by atoms with Gasteiger partial charge in [0, 0.05) is 52.9 Å². The van der Waals surface area contributed by atoms with Crippen molar-refractivity contribution in [2.45, 2.75) is 13.8 Å². The molecule has 0 aliphatic carbocycles. The minimum absolute atomic E-state index is 0.0885. The third kappa shape index (κ3) is 9.40. The van der Waals surface area contributed by atoms with Crippen LogP contribution in [0.2, 0.25) is 5.02 Å². The van der Waals surface area contributed by atoms with E-state index in [-0.39, 0.29) is 24.0 Å². The van der Waals surface area contributed by atoms with Crippen molar-refractivity contribution < 1.29 is 14.7 Å². The first-order valence-electron chi connectivity index (χ1n) is 14.2. The van der Waals surface area contributed by atoms with Crippen molar-refractivity contribution in [3.63, 3.8) is 0 Å². The second-order valence-electron chi connectivity index (χ2n) is 10.3. The van der Waals surface area contributed by atoms with Gasteiger partial charge in [-0.05, 0) is 25.5 Å². The number of para-hydroxylation sites is 1. The van der Waals surface area contributed by atoms with Crippen LogP contribution in [0.15, 0.2) is 47.1 Å². The van der Waals surface area contributed by atoms with Crippen LogP contribution in [-0.2, 0) is 0 Å². The van der Waals surface area contributed by atoms with Crippen molar-refractivity contribution >= 4 is 63.0 Å². The summed E-state index contributed by atoms with van der Waals surface area (Å²) in [7, 11) is 3.42. The van der Waals surface area contributed by atoms with Gasteiger partial charge < -0.3 is 31.4 Å². The first kappa shape index (κ1) is 34.2. The first-order valence-corrected chi connectivity index (χ1v) is 15.4. The average Bonchev–Trinajstić information content (AvgIpc) is 3.69. The summed E-state index contributed by atoms with van der Waals surface area (Å²) in [5, 5.41) is 25.1. The number of nitrogens with two attached hydrogens (primary N) is 1. The summed E-state index contributed by atoms with van der Waals surface area (Å²) in [6, 6.07) is 7.37. The smallest absolute Gasteiger partial charge is 0.271 e. The first-order chi connectivity index (χ1) is 22.0. The van der Waals surface area contributed by atoms with Crippen molar-refractivity contribution in [2.75, 3.05) is 69.0 Å². The molecule has 1 aliphatic rings. The maximum absolute atomic E-state index is 12.7. The van der Waals surface area contributed by atoms with Gasteiger partial charge in [0.2, 0.25) is 0 Å². The second kappa shape index (κ2) is 16.0. The van der Waals surface area contributed by atoms with E-state index in [1.54, 1.807) is 20.2 Å². The van der Waals surface area contributed by atoms with Gasteiger partial charge in [0.05, 0.1) is 29.8 Å². The molecular formula is C28H36ClN13O3S. The molecule has 0 spiro atoms. The predicted octanol–water partition coefficient (Wildman–Crippen LogP) is 3.38. The number of benzene rings is 1. The van der Waals surface area contributed by atoms with Gasteiger partial charge in [0.25, 0.3) is 11.8 Å². The molecule has 1 saturated heterocycles. The van der Waals surface area contributed by atoms with Crippen LogP contribution in [0.4, 0.5) is 28.3 Å². The van der Waals surface area contributed by atoms with E-state index in [1.165, 1.54) is 28.9 Å². The maximum atomic E-state index is 12.7. The molecule has 46 heavy (non-hydrogen) atoms. The van der Waals surface area contributed by atoms with E-state index in [0.29, 0.717) is 38.9 Å². The van der Waals surface area contributed by atoms with Gasteiger partial charge in [-0.2, -0.15) is 0 Å². The lowest BCUT2D eigenvalue weighted by atomic mass is 10.2. The Balaban J connectivity index is 0.000000310. The number of halogens is 1. The Morgan fingerprint density at radius 2 is 1.93 bits per heavy atom. The van der Waals surface area contributed by atoms with E-state index < -0.39 is 5.91 Å². The second-order valence-corrected chi connectivity index (χ2v) is 11.7. The Hall–Kier alpha value is -4.71. The number of rotatable bonds is 10. The standard InChI is InChI=1S/C22H26ClN7O2S.C6H10N6O/c1-14-4-3-5-16(23)20(14)28-21(32)17-13-24-22(33-17)27-18-12-19(26-15(2)25-18)30-8-6-29(7-9-30)10-11-31;1-12(2)11-10-6-4(5(7)13)8-3-9-6/h3-5,12-13,31H,6-11H2,1-2H3,(H,28,32)(H,24,25,26,27);3H,1-2H3,(H2,7,13)(H,8,9)/b;11-10+. The number of aryl methyl sites for hydroxylation is 2. The zero-order valence-corrected chi connectivity index (χ0v) is 27.4. The van der Waals surface area contributed by atoms with Crippen LogP contribution >= 0.6 is 22.9 Å². The van der Waals surface area contributed by atoms with Crippen LogP contribution in [0.25, 0.3) is 0 Å². The molecule has 5 rings (SSSR count). The molecule has 18 heteroatoms. The number of primary amides is 1. The van der Waals surface area contributed by atoms with E-state index in [1.807, 2.05) is 32.0 Å². The molecule has 4 aromatic rings. The fourth-order valence-electron chi connectivity index (χ4n) is 4.31. The number of thiazole rings is 1. The number of H-pyrrole nitrogens is 1. The minimum Gasteiger partial charge on any atom is -0.395 e. The third-order valence-electron chi connectivity index (χ3n) is 6.54. The van der Waals surface area contributed by atoms with Crippen molar-refractivity contribution in [1.82, 2.24) is 34.8 Å². The number of nitrogens with one attached hydrogen (secondary N) is 3. The number of hydrogen-bond acceptors (Lipinski definition) is 13. The Morgan fingerprint density at radius 1 is 1.17 bits per heavy atom. The number of aromatic nitrogens is 5. The molecule has 6 N–H and O–H groups in total. The summed E-state index contributed by atoms with van der Waals surface area (Å²) < 4.78 is 0. The van der Waals surface area contributed by atoms with E-state index in [2.05, 4.69) is 55.7 Å². The van der Waals surface area contributed by atoms with Gasteiger partial charge in [0.1, 0.15) is 22.3 Å². The number of aliphatic hydroxyl groups excluding tert-OH is 1. The van der Waals surface area contributed by atoms with Crippen LogP contribution in [0.5, 0.6) is 0 Å². The van der Waals surface area contributed by atoms with Crippen molar-refractivity contribution in [1.29, 1.82) is 0 Å². The van der Waals surface area contributed by atoms with E-state index in [9.17, 15) is 9.59 Å². The van der Waals surface area contributed by atoms with Crippen LogP contribution in [0.1, 0.15) is 31.5 Å². The van der Waals surface area contributed by atoms with Crippen LogP contribution in [-0.4, -0.2) is 105 Å². The molecule has 16 nitrogen and oxygen atoms in total. The van der Waals surface area contributed by atoms with Gasteiger partial charge in [-0.1, -0.05) is 40.3 Å². The topological polar surface area (TPSA) is 206 Å². The molecule has 1 aromatic carbocycles. The number of carbonyl (C=O) groups is 2. The molecular weight excluding hydrogens is 634 g/mol. The fourth-order valence-corrected chi connectivity index (χ4v) is 5.30. The predicted molar refractivity (Wildman–Crippen MR) is 177 cm³/mol. The summed E-state index contributed by atoms with van der Waals surface area (Å²) in [5.41, 5.74) is 6.61. The SMILES string of the molecule is CN(C)/N=N/c1[nH]cnc1C(N)=O.Cc1nc(Nc2ncc(C(=O)Nc3c(C)cccc3Cl)s2)cc(N2CCN(CCO)CC2)n1. The highest BCUT2D eigenvalue weighted by molar-refractivity contribution is 7.17. The molecule has 0 radical (unpaired) electrons. The summed E-state index contributed by atoms with van der Waals surface area (Å²) in [5.74, 6) is 1.49. The largest absolute Gasteiger partial charge is 0.395 e. The number of piperazine rings is 1. The van der Waals surface area contributed by atoms with Crippen molar-refractivity contribution in [2.24, 2.45) is 16.1 Å². The number of aromatic amines is 1. The van der Waals surface area contributed by atoms with E-state index >= 15 is 0 Å². The maximum Gasteiger partial charge on any atom is 0.271 e. The Morgan fingerprint density at radius 3 is 2.61 bits per heavy atom. The van der Waals surface area contributed by atoms with E-state index in [4.69, 9.17) is 22.4 Å². The molecule has 0 unspecified atom stereocenters. The molecule has 244 valence electrons. The molecule has 2 amide bonds. The Labute approximate surface area is 274 Å². The molecule has 1 fully saturated rings. The number of nitrogens with zero attached hydrogens (tertiary/aromatic N) is 9.